The number of ketones is 2. The third kappa shape index (κ3) is 1.81. The molecule has 28 heavy (non-hydrogen) atoms. The molecule has 5 rings (SSSR count). The molecule has 8 heteroatoms. The van der Waals surface area contributed by atoms with Crippen molar-refractivity contribution in [3.63, 3.8) is 0 Å². The van der Waals surface area contributed by atoms with E-state index in [4.69, 9.17) is 14.2 Å². The van der Waals surface area contributed by atoms with Crippen LogP contribution in [-0.4, -0.2) is 63.0 Å². The zero-order valence-electron chi connectivity index (χ0n) is 15.0. The number of benzene rings is 1. The van der Waals surface area contributed by atoms with Crippen LogP contribution in [0.15, 0.2) is 36.4 Å². The largest absolute Gasteiger partial charge is 0.456 e. The van der Waals surface area contributed by atoms with Gasteiger partial charge in [0.25, 0.3) is 0 Å². The van der Waals surface area contributed by atoms with Gasteiger partial charge in [0, 0.05) is 11.1 Å². The number of ether oxygens (including phenoxy) is 3. The standard InChI is InChI=1S/C20H18O8/c1-10-5-4-8-18(27-10)20(25)16(23)12-7-3-2-6-11(12)15(22)19(20,24)17-13(28-18)9-14(21)26-17/h2-4,6-8,10,13,17,24-25H,5,9H2,1H3. The van der Waals surface area contributed by atoms with Crippen molar-refractivity contribution in [2.75, 3.05) is 0 Å². The highest BCUT2D eigenvalue weighted by Crippen LogP contribution is 2.55. The Labute approximate surface area is 159 Å². The van der Waals surface area contributed by atoms with E-state index in [0.717, 1.165) is 0 Å². The first kappa shape index (κ1) is 17.7. The van der Waals surface area contributed by atoms with Gasteiger partial charge in [0.15, 0.2) is 6.10 Å². The van der Waals surface area contributed by atoms with E-state index in [9.17, 15) is 24.6 Å². The third-order valence-electron chi connectivity index (χ3n) is 6.03. The molecule has 0 aromatic heterocycles. The molecule has 8 nitrogen and oxygen atoms in total. The fourth-order valence-corrected chi connectivity index (χ4v) is 4.75. The second-order valence-electron chi connectivity index (χ2n) is 7.69. The Morgan fingerprint density at radius 2 is 1.71 bits per heavy atom. The van der Waals surface area contributed by atoms with Crippen LogP contribution in [0.2, 0.25) is 0 Å². The number of fused-ring (bicyclic) bond motifs is 5. The van der Waals surface area contributed by atoms with Crippen molar-refractivity contribution in [3.8, 4) is 0 Å². The molecule has 3 aliphatic heterocycles. The third-order valence-corrected chi connectivity index (χ3v) is 6.03. The molecule has 2 saturated heterocycles. The van der Waals surface area contributed by atoms with Gasteiger partial charge in [0.1, 0.15) is 6.10 Å². The average molecular weight is 386 g/mol. The highest BCUT2D eigenvalue weighted by atomic mass is 16.7. The number of esters is 1. The quantitative estimate of drug-likeness (QED) is 0.483. The van der Waals surface area contributed by atoms with E-state index in [0.29, 0.717) is 6.42 Å². The maximum atomic E-state index is 13.5. The van der Waals surface area contributed by atoms with Crippen molar-refractivity contribution in [1.82, 2.24) is 0 Å². The van der Waals surface area contributed by atoms with Gasteiger partial charge in [-0.3, -0.25) is 14.4 Å². The van der Waals surface area contributed by atoms with Gasteiger partial charge in [-0.05, 0) is 19.4 Å². The van der Waals surface area contributed by atoms with Gasteiger partial charge in [0.05, 0.1) is 12.5 Å². The maximum absolute atomic E-state index is 13.5. The lowest BCUT2D eigenvalue weighted by molar-refractivity contribution is -0.379. The molecule has 0 amide bonds. The Bertz CT molecular complexity index is 953. The number of Topliss-reactive ketones (excluding diaryl/α,β-unsaturated/α-hetero) is 2. The molecule has 3 heterocycles. The Kier molecular flexibility index (Phi) is 3.38. The maximum Gasteiger partial charge on any atom is 0.309 e. The minimum absolute atomic E-state index is 0.0498. The van der Waals surface area contributed by atoms with E-state index in [1.807, 2.05) is 0 Å². The number of carbonyl (C=O) groups is 3. The lowest BCUT2D eigenvalue weighted by Crippen LogP contribution is -2.85. The topological polar surface area (TPSA) is 119 Å². The minimum atomic E-state index is -2.83. The summed E-state index contributed by atoms with van der Waals surface area (Å²) in [6.45, 7) is 1.71. The van der Waals surface area contributed by atoms with Crippen LogP contribution in [0.4, 0.5) is 0 Å². The summed E-state index contributed by atoms with van der Waals surface area (Å²) in [5.41, 5.74) is -5.69. The Morgan fingerprint density at radius 3 is 2.39 bits per heavy atom. The molecule has 2 N–H and O–H groups in total. The SMILES string of the molecule is CC1CC=CC2(O1)OC1CC(=O)OC1C1(O)C(=O)c3ccccc3C(=O)C21O. The Hall–Kier alpha value is -2.39. The van der Waals surface area contributed by atoms with Crippen LogP contribution in [0.5, 0.6) is 0 Å². The summed E-state index contributed by atoms with van der Waals surface area (Å²) in [4.78, 5) is 38.8. The van der Waals surface area contributed by atoms with Gasteiger partial charge in [0.2, 0.25) is 28.6 Å². The molecule has 1 spiro atoms. The minimum Gasteiger partial charge on any atom is -0.456 e. The molecule has 2 fully saturated rings. The van der Waals surface area contributed by atoms with Crippen LogP contribution < -0.4 is 0 Å². The van der Waals surface area contributed by atoms with Gasteiger partial charge in [-0.1, -0.05) is 30.3 Å². The number of rotatable bonds is 0. The molecule has 146 valence electrons. The molecule has 1 aliphatic carbocycles. The summed E-state index contributed by atoms with van der Waals surface area (Å²) < 4.78 is 17.0. The van der Waals surface area contributed by atoms with Crippen molar-refractivity contribution in [2.45, 2.75) is 55.1 Å². The second-order valence-corrected chi connectivity index (χ2v) is 7.69. The predicted octanol–water partition coefficient (Wildman–Crippen LogP) is 0.303. The fourth-order valence-electron chi connectivity index (χ4n) is 4.75. The van der Waals surface area contributed by atoms with Crippen LogP contribution in [0.3, 0.4) is 0 Å². The fraction of sp³-hybridized carbons (Fsp3) is 0.450. The smallest absolute Gasteiger partial charge is 0.309 e. The molecule has 1 aromatic rings. The first-order valence-electron chi connectivity index (χ1n) is 9.11. The van der Waals surface area contributed by atoms with E-state index in [-0.39, 0.29) is 17.5 Å². The summed E-state index contributed by atoms with van der Waals surface area (Å²) in [5, 5.41) is 23.4. The van der Waals surface area contributed by atoms with E-state index < -0.39 is 52.8 Å². The molecule has 6 atom stereocenters. The van der Waals surface area contributed by atoms with Gasteiger partial charge in [-0.25, -0.2) is 0 Å². The van der Waals surface area contributed by atoms with Crippen molar-refractivity contribution in [1.29, 1.82) is 0 Å². The van der Waals surface area contributed by atoms with Crippen LogP contribution >= 0.6 is 0 Å². The second kappa shape index (κ2) is 5.36. The van der Waals surface area contributed by atoms with E-state index in [2.05, 4.69) is 0 Å². The number of hydrogen-bond acceptors (Lipinski definition) is 8. The van der Waals surface area contributed by atoms with Crippen molar-refractivity contribution < 1.29 is 38.8 Å². The average Bonchev–Trinajstić information content (AvgIpc) is 3.04. The molecule has 0 saturated carbocycles. The van der Waals surface area contributed by atoms with Crippen LogP contribution in [0.1, 0.15) is 40.5 Å². The molecular weight excluding hydrogens is 368 g/mol. The molecule has 1 aromatic carbocycles. The number of carbonyl (C=O) groups excluding carboxylic acids is 3. The lowest BCUT2D eigenvalue weighted by Gasteiger charge is -2.59. The van der Waals surface area contributed by atoms with E-state index >= 15 is 0 Å². The highest BCUT2D eigenvalue weighted by Gasteiger charge is 2.82. The molecule has 0 bridgehead atoms. The first-order valence-corrected chi connectivity index (χ1v) is 9.11. The molecule has 6 unspecified atom stereocenters. The molecule has 0 radical (unpaired) electrons. The summed E-state index contributed by atoms with van der Waals surface area (Å²) in [7, 11) is 0. The van der Waals surface area contributed by atoms with Crippen molar-refractivity contribution in [2.24, 2.45) is 0 Å². The number of hydrogen-bond donors (Lipinski definition) is 2. The van der Waals surface area contributed by atoms with Gasteiger partial charge >= 0.3 is 5.97 Å². The summed E-state index contributed by atoms with van der Waals surface area (Å²) in [6, 6.07) is 5.88. The normalized spacial score (nSPS) is 44.1. The van der Waals surface area contributed by atoms with Crippen LogP contribution in [0, 0.1) is 0 Å². The number of aliphatic hydroxyl groups is 2. The summed E-state index contributed by atoms with van der Waals surface area (Å²) in [6.07, 6.45) is 0.192. The van der Waals surface area contributed by atoms with Crippen LogP contribution in [-0.2, 0) is 19.0 Å². The Morgan fingerprint density at radius 1 is 1.04 bits per heavy atom. The van der Waals surface area contributed by atoms with Crippen molar-refractivity contribution >= 4 is 17.5 Å². The Balaban J connectivity index is 1.83. The highest BCUT2D eigenvalue weighted by molar-refractivity contribution is 6.23. The monoisotopic (exact) mass is 386 g/mol. The van der Waals surface area contributed by atoms with Gasteiger partial charge < -0.3 is 24.4 Å². The van der Waals surface area contributed by atoms with Crippen molar-refractivity contribution in [3.05, 3.63) is 47.5 Å². The lowest BCUT2D eigenvalue weighted by atomic mass is 9.59. The molecular formula is C20H18O8. The summed E-state index contributed by atoms with van der Waals surface area (Å²) in [5.74, 6) is -4.66. The first-order chi connectivity index (χ1) is 13.2. The van der Waals surface area contributed by atoms with E-state index in [1.165, 1.54) is 18.2 Å². The van der Waals surface area contributed by atoms with Gasteiger partial charge in [-0.15, -0.1) is 0 Å². The zero-order chi connectivity index (χ0) is 19.9. The summed E-state index contributed by atoms with van der Waals surface area (Å²) >= 11 is 0. The van der Waals surface area contributed by atoms with E-state index in [1.54, 1.807) is 25.1 Å². The zero-order valence-corrected chi connectivity index (χ0v) is 15.0. The van der Waals surface area contributed by atoms with Gasteiger partial charge in [-0.2, -0.15) is 0 Å². The molecule has 4 aliphatic rings. The predicted molar refractivity (Wildman–Crippen MR) is 91.4 cm³/mol. The van der Waals surface area contributed by atoms with Crippen LogP contribution in [0.25, 0.3) is 0 Å².